The zero-order valence-corrected chi connectivity index (χ0v) is 27.7. The van der Waals surface area contributed by atoms with Crippen molar-refractivity contribution < 1.29 is 16.5 Å². The van der Waals surface area contributed by atoms with Crippen LogP contribution in [0.15, 0.2) is 46.4 Å². The molecule has 0 heterocycles. The second kappa shape index (κ2) is 21.9. The topological polar surface area (TPSA) is 24.7 Å². The van der Waals surface area contributed by atoms with Gasteiger partial charge >= 0.3 is 0 Å². The van der Waals surface area contributed by atoms with Gasteiger partial charge in [0.15, 0.2) is 0 Å². The Labute approximate surface area is 257 Å². The molecule has 0 aromatic heterocycles. The molecule has 3 heteroatoms. The number of benzene rings is 2. The van der Waals surface area contributed by atoms with Crippen LogP contribution in [0.3, 0.4) is 0 Å². The molecule has 0 bridgehead atoms. The summed E-state index contributed by atoms with van der Waals surface area (Å²) < 4.78 is 0. The molecular formula is C37H58N2Ni. The quantitative estimate of drug-likeness (QED) is 0.0834. The van der Waals surface area contributed by atoms with Crippen LogP contribution in [0.5, 0.6) is 0 Å². The van der Waals surface area contributed by atoms with E-state index in [2.05, 4.69) is 77.9 Å². The largest absolute Gasteiger partial charge is 0.252 e. The molecular weight excluding hydrogens is 531 g/mol. The van der Waals surface area contributed by atoms with Gasteiger partial charge < -0.3 is 0 Å². The van der Waals surface area contributed by atoms with Gasteiger partial charge in [-0.25, -0.2) is 0 Å². The van der Waals surface area contributed by atoms with Crippen LogP contribution in [0.25, 0.3) is 0 Å². The minimum Gasteiger partial charge on any atom is -0.252 e. The standard InChI is InChI=1S/C37H58N2.Ni/c1-7-13-15-17-23-37(39-35-27-25-31(19-10-4)33(29-35)21-12-6)36(22-16-14-8-2)38-34-26-24-30(18-9-3)32(28-34)20-11-5;/h24-29H,7-23H2,1-6H3;/b38-36+,39-37+;. The maximum Gasteiger partial charge on any atom is 0.0636 e. The molecule has 0 atom stereocenters. The molecule has 0 radical (unpaired) electrons. The fourth-order valence-corrected chi connectivity index (χ4v) is 5.50. The SMILES string of the molecule is CCCCCCC(=N\c1ccc(CCC)c(CCC)c1)/C(CCCCC)=N/c1ccc(CCC)c(CCC)c1.[Ni]. The molecule has 0 amide bonds. The van der Waals surface area contributed by atoms with Gasteiger partial charge in [0, 0.05) is 16.5 Å². The van der Waals surface area contributed by atoms with Crippen molar-refractivity contribution in [2.75, 3.05) is 0 Å². The van der Waals surface area contributed by atoms with Gasteiger partial charge in [0.25, 0.3) is 0 Å². The van der Waals surface area contributed by atoms with Gasteiger partial charge in [0.1, 0.15) is 0 Å². The van der Waals surface area contributed by atoms with Gasteiger partial charge in [-0.2, -0.15) is 0 Å². The summed E-state index contributed by atoms with van der Waals surface area (Å²) in [7, 11) is 0. The first-order chi connectivity index (χ1) is 19.1. The summed E-state index contributed by atoms with van der Waals surface area (Å²) >= 11 is 0. The Bertz CT molecular complexity index is 1020. The van der Waals surface area contributed by atoms with Crippen LogP contribution in [0.1, 0.15) is 147 Å². The van der Waals surface area contributed by atoms with Crippen LogP contribution in [0, 0.1) is 0 Å². The van der Waals surface area contributed by atoms with E-state index < -0.39 is 0 Å². The van der Waals surface area contributed by atoms with Crippen LogP contribution in [0.4, 0.5) is 11.4 Å². The number of rotatable bonds is 20. The van der Waals surface area contributed by atoms with Crippen molar-refractivity contribution in [3.8, 4) is 0 Å². The van der Waals surface area contributed by atoms with Gasteiger partial charge in [0.05, 0.1) is 22.8 Å². The van der Waals surface area contributed by atoms with E-state index in [0.29, 0.717) is 0 Å². The van der Waals surface area contributed by atoms with Crippen LogP contribution < -0.4 is 0 Å². The smallest absolute Gasteiger partial charge is 0.0636 e. The normalized spacial score (nSPS) is 12.1. The van der Waals surface area contributed by atoms with Crippen molar-refractivity contribution in [3.05, 3.63) is 58.7 Å². The van der Waals surface area contributed by atoms with Crippen molar-refractivity contribution in [2.24, 2.45) is 9.98 Å². The Morgan fingerprint density at radius 2 is 0.825 bits per heavy atom. The summed E-state index contributed by atoms with van der Waals surface area (Å²) in [6.07, 6.45) is 20.0. The van der Waals surface area contributed by atoms with Crippen molar-refractivity contribution in [1.82, 2.24) is 0 Å². The average Bonchev–Trinajstić information content (AvgIpc) is 2.93. The van der Waals surface area contributed by atoms with E-state index in [1.807, 2.05) is 0 Å². The van der Waals surface area contributed by atoms with Crippen molar-refractivity contribution in [2.45, 2.75) is 151 Å². The molecule has 0 aliphatic carbocycles. The number of hydrogen-bond donors (Lipinski definition) is 0. The minimum atomic E-state index is 0. The zero-order valence-electron chi connectivity index (χ0n) is 26.7. The molecule has 0 aliphatic rings. The molecule has 0 spiro atoms. The molecule has 0 saturated carbocycles. The third kappa shape index (κ3) is 12.8. The van der Waals surface area contributed by atoms with Gasteiger partial charge in [-0.05, 0) is 97.9 Å². The first kappa shape index (κ1) is 36.3. The van der Waals surface area contributed by atoms with E-state index in [-0.39, 0.29) is 16.5 Å². The van der Waals surface area contributed by atoms with Crippen molar-refractivity contribution in [3.63, 3.8) is 0 Å². The predicted octanol–water partition coefficient (Wildman–Crippen LogP) is 11.9. The summed E-state index contributed by atoms with van der Waals surface area (Å²) in [5.41, 5.74) is 10.6. The molecule has 2 nitrogen and oxygen atoms in total. The summed E-state index contributed by atoms with van der Waals surface area (Å²) in [4.78, 5) is 10.7. The molecule has 2 aromatic rings. The molecule has 0 fully saturated rings. The van der Waals surface area contributed by atoms with Gasteiger partial charge in [-0.15, -0.1) is 0 Å². The molecule has 2 aromatic carbocycles. The zero-order chi connectivity index (χ0) is 28.3. The van der Waals surface area contributed by atoms with Crippen LogP contribution >= 0.6 is 0 Å². The fourth-order valence-electron chi connectivity index (χ4n) is 5.50. The van der Waals surface area contributed by atoms with Crippen LogP contribution in [0.2, 0.25) is 0 Å². The van der Waals surface area contributed by atoms with Crippen LogP contribution in [-0.4, -0.2) is 11.4 Å². The maximum atomic E-state index is 5.37. The van der Waals surface area contributed by atoms with E-state index in [1.54, 1.807) is 0 Å². The number of hydrogen-bond acceptors (Lipinski definition) is 2. The first-order valence-corrected chi connectivity index (χ1v) is 16.5. The molecule has 0 unspecified atom stereocenters. The second-order valence-electron chi connectivity index (χ2n) is 11.3. The average molecular weight is 590 g/mol. The van der Waals surface area contributed by atoms with E-state index in [4.69, 9.17) is 9.98 Å². The Morgan fingerprint density at radius 3 is 1.23 bits per heavy atom. The Hall–Kier alpha value is -1.73. The molecule has 0 aliphatic heterocycles. The maximum absolute atomic E-state index is 5.37. The molecule has 226 valence electrons. The van der Waals surface area contributed by atoms with Crippen molar-refractivity contribution >= 4 is 22.8 Å². The first-order valence-electron chi connectivity index (χ1n) is 16.5. The summed E-state index contributed by atoms with van der Waals surface area (Å²) in [5.74, 6) is 0. The van der Waals surface area contributed by atoms with Gasteiger partial charge in [-0.3, -0.25) is 9.98 Å². The summed E-state index contributed by atoms with van der Waals surface area (Å²) in [6, 6.07) is 13.9. The molecule has 2 rings (SSSR count). The molecule has 40 heavy (non-hydrogen) atoms. The molecule has 0 saturated heterocycles. The number of aryl methyl sites for hydroxylation is 4. The fraction of sp³-hybridized carbons (Fsp3) is 0.622. The number of aliphatic imine (C=N–C) groups is 2. The Kier molecular flexibility index (Phi) is 19.9. The minimum absolute atomic E-state index is 0. The summed E-state index contributed by atoms with van der Waals surface area (Å²) in [5, 5.41) is 0. The van der Waals surface area contributed by atoms with Crippen molar-refractivity contribution in [1.29, 1.82) is 0 Å². The Morgan fingerprint density at radius 1 is 0.450 bits per heavy atom. The van der Waals surface area contributed by atoms with Gasteiger partial charge in [-0.1, -0.05) is 111 Å². The van der Waals surface area contributed by atoms with Gasteiger partial charge in [0.2, 0.25) is 0 Å². The predicted molar refractivity (Wildman–Crippen MR) is 176 cm³/mol. The Balaban J connectivity index is 0.00000800. The third-order valence-electron chi connectivity index (χ3n) is 7.60. The molecule has 0 N–H and O–H groups in total. The third-order valence-corrected chi connectivity index (χ3v) is 7.60. The van der Waals surface area contributed by atoms with E-state index >= 15 is 0 Å². The van der Waals surface area contributed by atoms with E-state index in [1.165, 1.54) is 104 Å². The number of unbranched alkanes of at least 4 members (excludes halogenated alkanes) is 5. The number of nitrogens with zero attached hydrogens (tertiary/aromatic N) is 2. The monoisotopic (exact) mass is 588 g/mol. The van der Waals surface area contributed by atoms with Crippen LogP contribution in [-0.2, 0) is 42.2 Å². The second-order valence-corrected chi connectivity index (χ2v) is 11.3. The summed E-state index contributed by atoms with van der Waals surface area (Å²) in [6.45, 7) is 13.7. The van der Waals surface area contributed by atoms with E-state index in [0.717, 1.165) is 49.9 Å². The van der Waals surface area contributed by atoms with E-state index in [9.17, 15) is 0 Å².